The minimum absolute atomic E-state index is 0.103. The predicted molar refractivity (Wildman–Crippen MR) is 137 cm³/mol. The zero-order valence-electron chi connectivity index (χ0n) is 20.0. The minimum atomic E-state index is -0.538. The molecule has 0 bridgehead atoms. The number of benzene rings is 3. The van der Waals surface area contributed by atoms with Gasteiger partial charge in [0.2, 0.25) is 6.79 Å². The molecule has 6 nitrogen and oxygen atoms in total. The molecule has 1 aliphatic heterocycles. The molecule has 6 rings (SSSR count). The molecule has 4 aromatic rings. The summed E-state index contributed by atoms with van der Waals surface area (Å²) in [5.41, 5.74) is 3.70. The minimum Gasteiger partial charge on any atom is -0.505 e. The molecule has 2 heterocycles. The van der Waals surface area contributed by atoms with Crippen LogP contribution < -0.4 is 20.2 Å². The number of nitrogens with one attached hydrogen (secondary N) is 1. The summed E-state index contributed by atoms with van der Waals surface area (Å²) in [6.07, 6.45) is 3.84. The van der Waals surface area contributed by atoms with Crippen LogP contribution in [0.3, 0.4) is 0 Å². The van der Waals surface area contributed by atoms with Crippen LogP contribution in [-0.4, -0.2) is 29.5 Å². The number of aromatic nitrogens is 1. The number of esters is 1. The maximum Gasteiger partial charge on any atom is 0.335 e. The Bertz CT molecular complexity index is 1670. The maximum atomic E-state index is 13.1. The van der Waals surface area contributed by atoms with E-state index in [0.29, 0.717) is 28.0 Å². The van der Waals surface area contributed by atoms with E-state index in [9.17, 15) is 9.90 Å². The van der Waals surface area contributed by atoms with Crippen molar-refractivity contribution in [1.82, 2.24) is 4.98 Å². The quantitative estimate of drug-likeness (QED) is 0.428. The van der Waals surface area contributed by atoms with Crippen molar-refractivity contribution in [2.24, 2.45) is 0 Å². The van der Waals surface area contributed by atoms with Gasteiger partial charge in [-0.25, -0.2) is 4.79 Å². The molecule has 0 saturated heterocycles. The molecular formula is C30H25NO5. The van der Waals surface area contributed by atoms with Gasteiger partial charge in [-0.15, -0.1) is 0 Å². The van der Waals surface area contributed by atoms with E-state index in [1.54, 1.807) is 6.92 Å². The van der Waals surface area contributed by atoms with Crippen molar-refractivity contribution in [2.45, 2.75) is 19.8 Å². The smallest absolute Gasteiger partial charge is 0.335 e. The lowest BCUT2D eigenvalue weighted by atomic mass is 9.80. The second-order valence-electron chi connectivity index (χ2n) is 8.93. The second kappa shape index (κ2) is 8.64. The van der Waals surface area contributed by atoms with Gasteiger partial charge in [0, 0.05) is 16.8 Å². The lowest BCUT2D eigenvalue weighted by Crippen LogP contribution is -2.26. The standard InChI is InChI=1S/C30H25NO5/c1-3-34-30(33)26-17(2)13-22-28(27(26)20-11-12-24-25(15-20)36-16-35-24)29(32)23(31-22)14-19-9-6-8-18-7-4-5-10-21(18)19/h4-15,27,31-32H,3,16H2,1-2H3. The first-order valence-corrected chi connectivity index (χ1v) is 11.9. The van der Waals surface area contributed by atoms with Gasteiger partial charge in [-0.2, -0.15) is 0 Å². The normalized spacial score (nSPS) is 16.7. The molecule has 1 aliphatic carbocycles. The molecule has 1 atom stereocenters. The highest BCUT2D eigenvalue weighted by Gasteiger charge is 2.34. The number of aromatic amines is 1. The summed E-state index contributed by atoms with van der Waals surface area (Å²) in [5.74, 6) is 0.431. The summed E-state index contributed by atoms with van der Waals surface area (Å²) >= 11 is 0. The Morgan fingerprint density at radius 1 is 1.11 bits per heavy atom. The Morgan fingerprint density at radius 3 is 2.78 bits per heavy atom. The highest BCUT2D eigenvalue weighted by Crippen LogP contribution is 2.42. The molecule has 0 radical (unpaired) electrons. The fraction of sp³-hybridized carbons (Fsp3) is 0.167. The molecule has 0 saturated carbocycles. The van der Waals surface area contributed by atoms with E-state index in [1.165, 1.54) is 0 Å². The fourth-order valence-electron chi connectivity index (χ4n) is 5.17. The number of rotatable bonds is 4. The van der Waals surface area contributed by atoms with Crippen molar-refractivity contribution >= 4 is 28.9 Å². The van der Waals surface area contributed by atoms with E-state index < -0.39 is 11.9 Å². The summed E-state index contributed by atoms with van der Waals surface area (Å²) < 4.78 is 16.5. The fourth-order valence-corrected chi connectivity index (χ4v) is 5.17. The first-order chi connectivity index (χ1) is 17.5. The highest BCUT2D eigenvalue weighted by molar-refractivity contribution is 5.95. The number of fused-ring (bicyclic) bond motifs is 3. The Hall–Kier alpha value is -4.45. The van der Waals surface area contributed by atoms with Crippen LogP contribution in [0.5, 0.6) is 17.2 Å². The van der Waals surface area contributed by atoms with E-state index >= 15 is 0 Å². The number of carbonyl (C=O) groups excluding carboxylic acids is 1. The Kier molecular flexibility index (Phi) is 5.29. The Morgan fingerprint density at radius 2 is 1.92 bits per heavy atom. The van der Waals surface area contributed by atoms with Gasteiger partial charge in [-0.3, -0.25) is 0 Å². The van der Waals surface area contributed by atoms with Crippen LogP contribution in [-0.2, 0) is 9.53 Å². The first kappa shape index (κ1) is 22.0. The molecule has 1 unspecified atom stereocenters. The number of aromatic hydroxyl groups is 1. The van der Waals surface area contributed by atoms with Crippen LogP contribution in [0.4, 0.5) is 0 Å². The number of H-pyrrole nitrogens is 1. The number of ether oxygens (including phenoxy) is 3. The van der Waals surface area contributed by atoms with Crippen molar-refractivity contribution in [3.63, 3.8) is 0 Å². The number of hydrogen-bond donors (Lipinski definition) is 2. The third kappa shape index (κ3) is 3.53. The number of hydrogen-bond acceptors (Lipinski definition) is 5. The third-order valence-corrected chi connectivity index (χ3v) is 6.78. The molecule has 1 aromatic heterocycles. The second-order valence-corrected chi connectivity index (χ2v) is 8.93. The van der Waals surface area contributed by atoms with Gasteiger partial charge in [0.15, 0.2) is 11.5 Å². The molecule has 0 amide bonds. The van der Waals surface area contributed by atoms with E-state index in [-0.39, 0.29) is 19.1 Å². The molecule has 36 heavy (non-hydrogen) atoms. The van der Waals surface area contributed by atoms with E-state index in [1.807, 2.05) is 61.5 Å². The van der Waals surface area contributed by atoms with Gasteiger partial charge in [0.1, 0.15) is 5.75 Å². The monoisotopic (exact) mass is 479 g/mol. The topological polar surface area (TPSA) is 80.8 Å². The average molecular weight is 480 g/mol. The average Bonchev–Trinajstić information content (AvgIpc) is 3.47. The third-order valence-electron chi connectivity index (χ3n) is 6.78. The highest BCUT2D eigenvalue weighted by atomic mass is 16.7. The van der Waals surface area contributed by atoms with Crippen LogP contribution in [0.25, 0.3) is 22.9 Å². The molecular weight excluding hydrogens is 454 g/mol. The largest absolute Gasteiger partial charge is 0.505 e. The van der Waals surface area contributed by atoms with Crippen molar-refractivity contribution in [3.8, 4) is 17.2 Å². The first-order valence-electron chi connectivity index (χ1n) is 11.9. The molecule has 180 valence electrons. The lowest BCUT2D eigenvalue weighted by molar-refractivity contribution is -0.138. The zero-order valence-corrected chi connectivity index (χ0v) is 20.0. The van der Waals surface area contributed by atoms with Crippen molar-refractivity contribution < 1.29 is 24.1 Å². The maximum absolute atomic E-state index is 13.1. The molecule has 2 N–H and O–H groups in total. The van der Waals surface area contributed by atoms with E-state index in [2.05, 4.69) is 23.2 Å². The summed E-state index contributed by atoms with van der Waals surface area (Å²) in [7, 11) is 0. The lowest BCUT2D eigenvalue weighted by Gasteiger charge is -2.24. The summed E-state index contributed by atoms with van der Waals surface area (Å²) in [4.78, 5) is 16.5. The molecule has 6 heteroatoms. The van der Waals surface area contributed by atoms with Crippen molar-refractivity contribution in [2.75, 3.05) is 13.4 Å². The summed E-state index contributed by atoms with van der Waals surface area (Å²) in [5, 5.41) is 15.1. The van der Waals surface area contributed by atoms with Gasteiger partial charge in [-0.05, 0) is 65.6 Å². The SMILES string of the molecule is CCOC(=O)C1=C(C)C=c2[nH]c(=Cc3cccc4ccccc34)c(O)c2C1c1ccc2c(c1)OCO2. The van der Waals surface area contributed by atoms with Crippen molar-refractivity contribution in [3.05, 3.63) is 99.2 Å². The van der Waals surface area contributed by atoms with Crippen molar-refractivity contribution in [1.29, 1.82) is 0 Å². The molecule has 2 aliphatic rings. The number of allylic oxidation sites excluding steroid dienone is 1. The van der Waals surface area contributed by atoms with Crippen LogP contribution in [0.2, 0.25) is 0 Å². The molecule has 3 aromatic carbocycles. The van der Waals surface area contributed by atoms with Gasteiger partial charge in [0.05, 0.1) is 17.5 Å². The van der Waals surface area contributed by atoms with Crippen LogP contribution >= 0.6 is 0 Å². The van der Waals surface area contributed by atoms with Gasteiger partial charge < -0.3 is 24.3 Å². The van der Waals surface area contributed by atoms with Crippen LogP contribution in [0.1, 0.15) is 36.5 Å². The van der Waals surface area contributed by atoms with Crippen LogP contribution in [0, 0.1) is 0 Å². The summed E-state index contributed by atoms with van der Waals surface area (Å²) in [6.45, 7) is 4.09. The van der Waals surface area contributed by atoms with E-state index in [4.69, 9.17) is 14.2 Å². The Balaban J connectivity index is 1.57. The zero-order chi connectivity index (χ0) is 24.8. The van der Waals surface area contributed by atoms with Gasteiger partial charge >= 0.3 is 5.97 Å². The van der Waals surface area contributed by atoms with Gasteiger partial charge in [-0.1, -0.05) is 48.5 Å². The Labute approximate surface area is 207 Å². The molecule has 0 fully saturated rings. The summed E-state index contributed by atoms with van der Waals surface area (Å²) in [6, 6.07) is 19.8. The predicted octanol–water partition coefficient (Wildman–Crippen LogP) is 4.24. The van der Waals surface area contributed by atoms with Crippen LogP contribution in [0.15, 0.2) is 71.8 Å². The molecule has 0 spiro atoms. The number of carbonyl (C=O) groups is 1. The van der Waals surface area contributed by atoms with E-state index in [0.717, 1.165) is 32.8 Å². The van der Waals surface area contributed by atoms with Gasteiger partial charge in [0.25, 0.3) is 0 Å².